The molecule has 0 saturated carbocycles. The van der Waals surface area contributed by atoms with E-state index in [4.69, 9.17) is 0 Å². The van der Waals surface area contributed by atoms with Gasteiger partial charge in [0.2, 0.25) is 5.91 Å². The molecule has 1 saturated heterocycles. The molecule has 3 rings (SSSR count). The molecule has 1 aliphatic heterocycles. The SMILES string of the molecule is CN(Cc1ncccn1)[C@@H]1CCN(C(=O)C2CC=CC2)C1. The average molecular weight is 286 g/mol. The van der Waals surface area contributed by atoms with Crippen LogP contribution in [0.4, 0.5) is 0 Å². The lowest BCUT2D eigenvalue weighted by atomic mass is 10.1. The summed E-state index contributed by atoms with van der Waals surface area (Å²) in [5, 5.41) is 0. The Kier molecular flexibility index (Phi) is 4.29. The Morgan fingerprint density at radius 1 is 1.33 bits per heavy atom. The molecule has 0 radical (unpaired) electrons. The van der Waals surface area contributed by atoms with Crippen LogP contribution in [0.25, 0.3) is 0 Å². The van der Waals surface area contributed by atoms with Crippen molar-refractivity contribution in [1.82, 2.24) is 19.8 Å². The number of hydrogen-bond donors (Lipinski definition) is 0. The summed E-state index contributed by atoms with van der Waals surface area (Å²) in [5.41, 5.74) is 0. The monoisotopic (exact) mass is 286 g/mol. The van der Waals surface area contributed by atoms with E-state index in [9.17, 15) is 4.79 Å². The van der Waals surface area contributed by atoms with Gasteiger partial charge in [-0.25, -0.2) is 9.97 Å². The number of rotatable bonds is 4. The largest absolute Gasteiger partial charge is 0.341 e. The highest BCUT2D eigenvalue weighted by atomic mass is 16.2. The van der Waals surface area contributed by atoms with Gasteiger partial charge in [-0.3, -0.25) is 9.69 Å². The molecule has 21 heavy (non-hydrogen) atoms. The van der Waals surface area contributed by atoms with Crippen LogP contribution < -0.4 is 0 Å². The predicted molar refractivity (Wildman–Crippen MR) is 80.3 cm³/mol. The first-order valence-corrected chi connectivity index (χ1v) is 7.64. The Bertz CT molecular complexity index is 508. The second kappa shape index (κ2) is 6.35. The highest BCUT2D eigenvalue weighted by molar-refractivity contribution is 5.80. The van der Waals surface area contributed by atoms with Gasteiger partial charge < -0.3 is 4.90 Å². The second-order valence-electron chi connectivity index (χ2n) is 5.95. The maximum Gasteiger partial charge on any atom is 0.226 e. The van der Waals surface area contributed by atoms with E-state index in [1.54, 1.807) is 12.4 Å². The number of carbonyl (C=O) groups excluding carboxylic acids is 1. The Balaban J connectivity index is 1.53. The zero-order valence-corrected chi connectivity index (χ0v) is 12.5. The maximum atomic E-state index is 12.4. The highest BCUT2D eigenvalue weighted by Crippen LogP contribution is 2.24. The molecule has 1 fully saturated rings. The van der Waals surface area contributed by atoms with Gasteiger partial charge in [0.25, 0.3) is 0 Å². The first-order valence-electron chi connectivity index (χ1n) is 7.64. The van der Waals surface area contributed by atoms with Crippen LogP contribution in [0.3, 0.4) is 0 Å². The lowest BCUT2D eigenvalue weighted by Gasteiger charge is -2.25. The fourth-order valence-corrected chi connectivity index (χ4v) is 3.14. The Hall–Kier alpha value is -1.75. The summed E-state index contributed by atoms with van der Waals surface area (Å²) in [4.78, 5) is 25.2. The van der Waals surface area contributed by atoms with Crippen LogP contribution in [-0.2, 0) is 11.3 Å². The van der Waals surface area contributed by atoms with Gasteiger partial charge in [0.1, 0.15) is 5.82 Å². The van der Waals surface area contributed by atoms with Crippen molar-refractivity contribution in [3.05, 3.63) is 36.4 Å². The summed E-state index contributed by atoms with van der Waals surface area (Å²) in [6.07, 6.45) is 10.6. The van der Waals surface area contributed by atoms with Gasteiger partial charge >= 0.3 is 0 Å². The van der Waals surface area contributed by atoms with Crippen LogP contribution in [0.1, 0.15) is 25.1 Å². The minimum atomic E-state index is 0.187. The molecule has 0 unspecified atom stereocenters. The molecule has 0 bridgehead atoms. The molecule has 0 aromatic carbocycles. The van der Waals surface area contributed by atoms with E-state index in [0.29, 0.717) is 11.9 Å². The van der Waals surface area contributed by atoms with E-state index >= 15 is 0 Å². The smallest absolute Gasteiger partial charge is 0.226 e. The molecule has 1 aliphatic carbocycles. The zero-order valence-electron chi connectivity index (χ0n) is 12.5. The van der Waals surface area contributed by atoms with Gasteiger partial charge in [-0.15, -0.1) is 0 Å². The third-order valence-electron chi connectivity index (χ3n) is 4.47. The van der Waals surface area contributed by atoms with Crippen LogP contribution in [0.15, 0.2) is 30.6 Å². The van der Waals surface area contributed by atoms with E-state index in [1.165, 1.54) is 0 Å². The molecule has 5 heteroatoms. The molecule has 1 amide bonds. The Morgan fingerprint density at radius 2 is 2.05 bits per heavy atom. The fraction of sp³-hybridized carbons (Fsp3) is 0.562. The van der Waals surface area contributed by atoms with Gasteiger partial charge in [-0.05, 0) is 32.4 Å². The molecular formula is C16H22N4O. The molecule has 1 aromatic rings. The lowest BCUT2D eigenvalue weighted by molar-refractivity contribution is -0.134. The highest BCUT2D eigenvalue weighted by Gasteiger charge is 2.32. The van der Waals surface area contributed by atoms with Crippen molar-refractivity contribution in [2.45, 2.75) is 31.8 Å². The van der Waals surface area contributed by atoms with Gasteiger partial charge in [0, 0.05) is 37.4 Å². The standard InChI is InChI=1S/C16H22N4O/c1-19(12-15-17-8-4-9-18-15)14-7-10-20(11-14)16(21)13-5-2-3-6-13/h2-4,8-9,13-14H,5-7,10-12H2,1H3/t14-/m1/s1. The van der Waals surface area contributed by atoms with Crippen LogP contribution in [-0.4, -0.2) is 51.9 Å². The number of likely N-dealkylation sites (tertiary alicyclic amines) is 1. The molecule has 1 aromatic heterocycles. The van der Waals surface area contributed by atoms with Crippen molar-refractivity contribution in [1.29, 1.82) is 0 Å². The van der Waals surface area contributed by atoms with Crippen molar-refractivity contribution in [2.75, 3.05) is 20.1 Å². The van der Waals surface area contributed by atoms with Crippen LogP contribution in [0, 0.1) is 5.92 Å². The second-order valence-corrected chi connectivity index (χ2v) is 5.95. The van der Waals surface area contributed by atoms with Crippen molar-refractivity contribution in [3.63, 3.8) is 0 Å². The van der Waals surface area contributed by atoms with Crippen molar-refractivity contribution < 1.29 is 4.79 Å². The molecule has 0 spiro atoms. The summed E-state index contributed by atoms with van der Waals surface area (Å²) in [5.74, 6) is 1.35. The number of amides is 1. The predicted octanol–water partition coefficient (Wildman–Crippen LogP) is 1.48. The summed E-state index contributed by atoms with van der Waals surface area (Å²) in [7, 11) is 2.09. The summed E-state index contributed by atoms with van der Waals surface area (Å²) in [6.45, 7) is 2.44. The molecular weight excluding hydrogens is 264 g/mol. The van der Waals surface area contributed by atoms with Gasteiger partial charge in [-0.1, -0.05) is 12.2 Å². The fourth-order valence-electron chi connectivity index (χ4n) is 3.14. The average Bonchev–Trinajstić information content (AvgIpc) is 3.19. The summed E-state index contributed by atoms with van der Waals surface area (Å²) in [6, 6.07) is 2.24. The maximum absolute atomic E-state index is 12.4. The quantitative estimate of drug-likeness (QED) is 0.787. The minimum absolute atomic E-state index is 0.187. The Labute approximate surface area is 125 Å². The molecule has 2 aliphatic rings. The van der Waals surface area contributed by atoms with E-state index in [0.717, 1.165) is 44.7 Å². The molecule has 2 heterocycles. The number of aromatic nitrogens is 2. The number of nitrogens with zero attached hydrogens (tertiary/aromatic N) is 4. The first kappa shape index (κ1) is 14.2. The summed E-state index contributed by atoms with van der Waals surface area (Å²) < 4.78 is 0. The number of carbonyl (C=O) groups is 1. The van der Waals surface area contributed by atoms with Crippen LogP contribution >= 0.6 is 0 Å². The Morgan fingerprint density at radius 3 is 2.76 bits per heavy atom. The van der Waals surface area contributed by atoms with E-state index in [2.05, 4.69) is 34.1 Å². The third-order valence-corrected chi connectivity index (χ3v) is 4.47. The third kappa shape index (κ3) is 3.29. The van der Waals surface area contributed by atoms with E-state index < -0.39 is 0 Å². The van der Waals surface area contributed by atoms with Crippen LogP contribution in [0.2, 0.25) is 0 Å². The normalized spacial score (nSPS) is 22.4. The van der Waals surface area contributed by atoms with Crippen molar-refractivity contribution in [2.24, 2.45) is 5.92 Å². The first-order chi connectivity index (χ1) is 10.2. The molecule has 0 N–H and O–H groups in total. The molecule has 112 valence electrons. The van der Waals surface area contributed by atoms with E-state index in [1.807, 2.05) is 11.0 Å². The van der Waals surface area contributed by atoms with Crippen molar-refractivity contribution >= 4 is 5.91 Å². The summed E-state index contributed by atoms with van der Waals surface area (Å²) >= 11 is 0. The zero-order chi connectivity index (χ0) is 14.7. The lowest BCUT2D eigenvalue weighted by Crippen LogP contribution is -2.38. The van der Waals surface area contributed by atoms with Crippen molar-refractivity contribution in [3.8, 4) is 0 Å². The number of likely N-dealkylation sites (N-methyl/N-ethyl adjacent to an activating group) is 1. The minimum Gasteiger partial charge on any atom is -0.341 e. The molecule has 5 nitrogen and oxygen atoms in total. The van der Waals surface area contributed by atoms with E-state index in [-0.39, 0.29) is 5.92 Å². The van der Waals surface area contributed by atoms with Crippen LogP contribution in [0.5, 0.6) is 0 Å². The number of hydrogen-bond acceptors (Lipinski definition) is 4. The van der Waals surface area contributed by atoms with Gasteiger partial charge in [0.15, 0.2) is 0 Å². The number of allylic oxidation sites excluding steroid dienone is 2. The topological polar surface area (TPSA) is 49.3 Å². The van der Waals surface area contributed by atoms with Gasteiger partial charge in [0.05, 0.1) is 6.54 Å². The van der Waals surface area contributed by atoms with Gasteiger partial charge in [-0.2, -0.15) is 0 Å². The molecule has 1 atom stereocenters.